The minimum atomic E-state index is -3.42. The first-order valence-electron chi connectivity index (χ1n) is 6.62. The average molecular weight is 297 g/mol. The lowest BCUT2D eigenvalue weighted by Crippen LogP contribution is -2.43. The summed E-state index contributed by atoms with van der Waals surface area (Å²) >= 11 is 0. The second kappa shape index (κ2) is 6.34. The van der Waals surface area contributed by atoms with Crippen LogP contribution >= 0.6 is 0 Å². The molecule has 1 aromatic carbocycles. The van der Waals surface area contributed by atoms with Crippen LogP contribution in [0.5, 0.6) is 0 Å². The zero-order valence-corrected chi connectivity index (χ0v) is 12.0. The van der Waals surface area contributed by atoms with Gasteiger partial charge in [-0.05, 0) is 30.5 Å². The van der Waals surface area contributed by atoms with Crippen LogP contribution < -0.4 is 10.5 Å². The van der Waals surface area contributed by atoms with E-state index in [0.717, 1.165) is 24.8 Å². The first-order valence-corrected chi connectivity index (χ1v) is 8.06. The second-order valence-corrected chi connectivity index (χ2v) is 6.60. The number of carbonyl (C=O) groups is 1. The lowest BCUT2D eigenvalue weighted by molar-refractivity contribution is 0.100. The Kier molecular flexibility index (Phi) is 4.74. The fourth-order valence-electron chi connectivity index (χ4n) is 2.16. The van der Waals surface area contributed by atoms with Crippen molar-refractivity contribution >= 4 is 16.1 Å². The lowest BCUT2D eigenvalue weighted by Gasteiger charge is -2.25. The summed E-state index contributed by atoms with van der Waals surface area (Å²) in [4.78, 5) is 10.9. The number of piperidine rings is 1. The van der Waals surface area contributed by atoms with Crippen molar-refractivity contribution < 1.29 is 13.2 Å². The van der Waals surface area contributed by atoms with Crippen LogP contribution in [0, 0.1) is 0 Å². The van der Waals surface area contributed by atoms with E-state index in [2.05, 4.69) is 4.72 Å². The number of nitrogens with zero attached hydrogens (tertiary/aromatic N) is 1. The summed E-state index contributed by atoms with van der Waals surface area (Å²) in [6.45, 7) is 1.36. The van der Waals surface area contributed by atoms with Crippen LogP contribution in [0.1, 0.15) is 35.2 Å². The molecule has 1 aliphatic rings. The Morgan fingerprint density at radius 1 is 1.15 bits per heavy atom. The third-order valence-corrected chi connectivity index (χ3v) is 4.91. The first kappa shape index (κ1) is 15.0. The molecule has 0 radical (unpaired) electrons. The van der Waals surface area contributed by atoms with E-state index < -0.39 is 16.1 Å². The highest BCUT2D eigenvalue weighted by atomic mass is 32.2. The van der Waals surface area contributed by atoms with Crippen molar-refractivity contribution in [2.45, 2.75) is 25.8 Å². The van der Waals surface area contributed by atoms with Gasteiger partial charge in [0.25, 0.3) is 10.2 Å². The third-order valence-electron chi connectivity index (χ3n) is 3.35. The molecule has 0 spiro atoms. The molecule has 1 heterocycles. The topological polar surface area (TPSA) is 92.5 Å². The summed E-state index contributed by atoms with van der Waals surface area (Å²) in [5.41, 5.74) is 6.34. The van der Waals surface area contributed by atoms with E-state index in [1.807, 2.05) is 0 Å². The molecule has 1 amide bonds. The maximum atomic E-state index is 12.1. The fourth-order valence-corrected chi connectivity index (χ4v) is 3.43. The zero-order valence-electron chi connectivity index (χ0n) is 11.2. The largest absolute Gasteiger partial charge is 0.366 e. The van der Waals surface area contributed by atoms with Gasteiger partial charge in [0.1, 0.15) is 0 Å². The van der Waals surface area contributed by atoms with Gasteiger partial charge >= 0.3 is 0 Å². The molecular weight excluding hydrogens is 278 g/mol. The smallest absolute Gasteiger partial charge is 0.279 e. The molecule has 0 bridgehead atoms. The van der Waals surface area contributed by atoms with E-state index in [9.17, 15) is 13.2 Å². The fraction of sp³-hybridized carbons (Fsp3) is 0.462. The van der Waals surface area contributed by atoms with Gasteiger partial charge in [-0.15, -0.1) is 0 Å². The van der Waals surface area contributed by atoms with E-state index in [0.29, 0.717) is 18.7 Å². The zero-order chi connectivity index (χ0) is 14.6. The van der Waals surface area contributed by atoms with Crippen molar-refractivity contribution in [1.82, 2.24) is 9.03 Å². The Morgan fingerprint density at radius 2 is 1.75 bits per heavy atom. The highest BCUT2D eigenvalue weighted by molar-refractivity contribution is 7.87. The number of nitrogens with one attached hydrogen (secondary N) is 1. The first-order chi connectivity index (χ1) is 9.49. The molecule has 110 valence electrons. The molecule has 7 heteroatoms. The van der Waals surface area contributed by atoms with Gasteiger partial charge in [0.15, 0.2) is 0 Å². The van der Waals surface area contributed by atoms with E-state index in [4.69, 9.17) is 5.73 Å². The monoisotopic (exact) mass is 297 g/mol. The van der Waals surface area contributed by atoms with Crippen molar-refractivity contribution in [3.63, 3.8) is 0 Å². The van der Waals surface area contributed by atoms with Gasteiger partial charge in [-0.3, -0.25) is 4.79 Å². The Morgan fingerprint density at radius 3 is 2.30 bits per heavy atom. The standard InChI is InChI=1S/C13H19N3O3S/c14-13(17)12-6-4-11(5-7-12)10-15-20(18,19)16-8-2-1-3-9-16/h4-7,15H,1-3,8-10H2,(H2,14,17). The molecule has 6 nitrogen and oxygen atoms in total. The minimum absolute atomic E-state index is 0.206. The maximum Gasteiger partial charge on any atom is 0.279 e. The Bertz CT molecular complexity index is 563. The molecule has 1 saturated heterocycles. The van der Waals surface area contributed by atoms with Gasteiger partial charge < -0.3 is 5.73 Å². The number of hydrogen-bond donors (Lipinski definition) is 2. The summed E-state index contributed by atoms with van der Waals surface area (Å²) in [6, 6.07) is 6.57. The van der Waals surface area contributed by atoms with Crippen molar-refractivity contribution in [1.29, 1.82) is 0 Å². The Labute approximate surface area is 119 Å². The molecule has 3 N–H and O–H groups in total. The molecule has 20 heavy (non-hydrogen) atoms. The Balaban J connectivity index is 1.95. The average Bonchev–Trinajstić information content (AvgIpc) is 2.46. The summed E-state index contributed by atoms with van der Waals surface area (Å²) in [7, 11) is -3.42. The van der Waals surface area contributed by atoms with Gasteiger partial charge in [0, 0.05) is 25.2 Å². The van der Waals surface area contributed by atoms with Gasteiger partial charge in [-0.1, -0.05) is 18.6 Å². The molecule has 1 aromatic rings. The van der Waals surface area contributed by atoms with E-state index in [-0.39, 0.29) is 6.54 Å². The quantitative estimate of drug-likeness (QED) is 0.834. The van der Waals surface area contributed by atoms with E-state index in [1.165, 1.54) is 4.31 Å². The van der Waals surface area contributed by atoms with Crippen LogP contribution in [0.3, 0.4) is 0 Å². The molecule has 1 aliphatic heterocycles. The van der Waals surface area contributed by atoms with Crippen LogP contribution in [-0.4, -0.2) is 31.7 Å². The van der Waals surface area contributed by atoms with Gasteiger partial charge in [0.05, 0.1) is 0 Å². The van der Waals surface area contributed by atoms with Crippen LogP contribution in [-0.2, 0) is 16.8 Å². The highest BCUT2D eigenvalue weighted by Crippen LogP contribution is 2.12. The van der Waals surface area contributed by atoms with Crippen molar-refractivity contribution in [3.8, 4) is 0 Å². The van der Waals surface area contributed by atoms with Gasteiger partial charge in [-0.2, -0.15) is 17.4 Å². The van der Waals surface area contributed by atoms with Crippen molar-refractivity contribution in [2.75, 3.05) is 13.1 Å². The number of amides is 1. The van der Waals surface area contributed by atoms with Crippen LogP contribution in [0.15, 0.2) is 24.3 Å². The number of primary amides is 1. The summed E-state index contributed by atoms with van der Waals surface area (Å²) in [5.74, 6) is -0.495. The lowest BCUT2D eigenvalue weighted by atomic mass is 10.1. The summed E-state index contributed by atoms with van der Waals surface area (Å²) in [5, 5.41) is 0. The predicted octanol–water partition coefficient (Wildman–Crippen LogP) is 0.606. The van der Waals surface area contributed by atoms with Crippen LogP contribution in [0.2, 0.25) is 0 Å². The number of hydrogen-bond acceptors (Lipinski definition) is 3. The Hall–Kier alpha value is -1.44. The number of benzene rings is 1. The molecular formula is C13H19N3O3S. The van der Waals surface area contributed by atoms with Crippen molar-refractivity contribution in [2.24, 2.45) is 5.73 Å². The van der Waals surface area contributed by atoms with Crippen LogP contribution in [0.25, 0.3) is 0 Å². The molecule has 0 atom stereocenters. The summed E-state index contributed by atoms with van der Waals surface area (Å²) in [6.07, 6.45) is 2.91. The van der Waals surface area contributed by atoms with E-state index in [1.54, 1.807) is 24.3 Å². The van der Waals surface area contributed by atoms with E-state index >= 15 is 0 Å². The molecule has 0 aliphatic carbocycles. The van der Waals surface area contributed by atoms with Gasteiger partial charge in [-0.25, -0.2) is 0 Å². The highest BCUT2D eigenvalue weighted by Gasteiger charge is 2.23. The molecule has 0 unspecified atom stereocenters. The molecule has 0 saturated carbocycles. The molecule has 2 rings (SSSR count). The van der Waals surface area contributed by atoms with Crippen LogP contribution in [0.4, 0.5) is 0 Å². The summed E-state index contributed by atoms with van der Waals surface area (Å²) < 4.78 is 28.2. The maximum absolute atomic E-state index is 12.1. The second-order valence-electron chi connectivity index (χ2n) is 4.85. The molecule has 0 aromatic heterocycles. The number of rotatable bonds is 5. The van der Waals surface area contributed by atoms with Crippen molar-refractivity contribution in [3.05, 3.63) is 35.4 Å². The number of carbonyl (C=O) groups excluding carboxylic acids is 1. The minimum Gasteiger partial charge on any atom is -0.366 e. The molecule has 1 fully saturated rings. The van der Waals surface area contributed by atoms with Gasteiger partial charge in [0.2, 0.25) is 5.91 Å². The SMILES string of the molecule is NC(=O)c1ccc(CNS(=O)(=O)N2CCCCC2)cc1. The normalized spacial score (nSPS) is 17.0. The predicted molar refractivity (Wildman–Crippen MR) is 76.1 cm³/mol. The third kappa shape index (κ3) is 3.78. The number of nitrogens with two attached hydrogens (primary N) is 1.